The monoisotopic (exact) mass is 289 g/mol. The Hall–Kier alpha value is -1.42. The Bertz CT molecular complexity index is 449. The summed E-state index contributed by atoms with van der Waals surface area (Å²) in [6.45, 7) is 9.55. The standard InChI is InChI=1S/C17H27N3O/c1-4-17(21)20(16-9-5-6-10-18-16)15(3)13-19-11-7-8-14(2)12-19/h5-6,9-10,14-15H,4,7-8,11-13H2,1-3H3. The van der Waals surface area contributed by atoms with Crippen molar-refractivity contribution in [2.24, 2.45) is 5.92 Å². The summed E-state index contributed by atoms with van der Waals surface area (Å²) in [6, 6.07) is 5.89. The van der Waals surface area contributed by atoms with E-state index in [9.17, 15) is 4.79 Å². The van der Waals surface area contributed by atoms with Crippen LogP contribution in [0.3, 0.4) is 0 Å². The van der Waals surface area contributed by atoms with Gasteiger partial charge in [-0.1, -0.05) is 19.9 Å². The maximum absolute atomic E-state index is 12.3. The summed E-state index contributed by atoms with van der Waals surface area (Å²) in [5.41, 5.74) is 0. The molecular weight excluding hydrogens is 262 g/mol. The third-order valence-corrected chi connectivity index (χ3v) is 4.17. The third kappa shape index (κ3) is 4.27. The Labute approximate surface area is 128 Å². The smallest absolute Gasteiger partial charge is 0.228 e. The largest absolute Gasteiger partial charge is 0.301 e. The van der Waals surface area contributed by atoms with Gasteiger partial charge in [0.05, 0.1) is 0 Å². The lowest BCUT2D eigenvalue weighted by molar-refractivity contribution is -0.118. The molecule has 2 heterocycles. The van der Waals surface area contributed by atoms with Gasteiger partial charge < -0.3 is 4.90 Å². The quantitative estimate of drug-likeness (QED) is 0.836. The van der Waals surface area contributed by atoms with Crippen molar-refractivity contribution in [3.63, 3.8) is 0 Å². The third-order valence-electron chi connectivity index (χ3n) is 4.17. The van der Waals surface area contributed by atoms with E-state index in [-0.39, 0.29) is 11.9 Å². The highest BCUT2D eigenvalue weighted by molar-refractivity contribution is 5.92. The predicted molar refractivity (Wildman–Crippen MR) is 86.3 cm³/mol. The number of likely N-dealkylation sites (tertiary alicyclic amines) is 1. The second-order valence-electron chi connectivity index (χ2n) is 6.16. The van der Waals surface area contributed by atoms with Crippen LogP contribution in [-0.2, 0) is 4.79 Å². The molecule has 1 fully saturated rings. The maximum Gasteiger partial charge on any atom is 0.228 e. The number of rotatable bonds is 5. The van der Waals surface area contributed by atoms with E-state index in [1.807, 2.05) is 30.0 Å². The second kappa shape index (κ2) is 7.55. The van der Waals surface area contributed by atoms with Crippen molar-refractivity contribution >= 4 is 11.7 Å². The van der Waals surface area contributed by atoms with Crippen molar-refractivity contribution in [3.05, 3.63) is 24.4 Å². The van der Waals surface area contributed by atoms with E-state index in [2.05, 4.69) is 23.7 Å². The van der Waals surface area contributed by atoms with Crippen LogP contribution in [0.15, 0.2) is 24.4 Å². The molecule has 0 spiro atoms. The molecule has 21 heavy (non-hydrogen) atoms. The molecule has 0 radical (unpaired) electrons. The predicted octanol–water partition coefficient (Wildman–Crippen LogP) is 2.95. The van der Waals surface area contributed by atoms with Crippen LogP contribution in [0.2, 0.25) is 0 Å². The van der Waals surface area contributed by atoms with Crippen molar-refractivity contribution in [3.8, 4) is 0 Å². The zero-order valence-electron chi connectivity index (χ0n) is 13.5. The van der Waals surface area contributed by atoms with Crippen LogP contribution in [0.25, 0.3) is 0 Å². The maximum atomic E-state index is 12.3. The second-order valence-corrected chi connectivity index (χ2v) is 6.16. The van der Waals surface area contributed by atoms with Crippen molar-refractivity contribution in [2.45, 2.75) is 46.1 Å². The van der Waals surface area contributed by atoms with Crippen LogP contribution in [0.4, 0.5) is 5.82 Å². The van der Waals surface area contributed by atoms with Crippen LogP contribution in [-0.4, -0.2) is 41.5 Å². The van der Waals surface area contributed by atoms with E-state index < -0.39 is 0 Å². The number of nitrogens with zero attached hydrogens (tertiary/aromatic N) is 3. The molecule has 1 amide bonds. The van der Waals surface area contributed by atoms with Gasteiger partial charge in [0.15, 0.2) is 0 Å². The first-order chi connectivity index (χ1) is 10.1. The highest BCUT2D eigenvalue weighted by Crippen LogP contribution is 2.19. The van der Waals surface area contributed by atoms with E-state index in [1.54, 1.807) is 6.20 Å². The van der Waals surface area contributed by atoms with Crippen LogP contribution in [0.5, 0.6) is 0 Å². The molecule has 4 heteroatoms. The van der Waals surface area contributed by atoms with Gasteiger partial charge in [-0.05, 0) is 44.4 Å². The van der Waals surface area contributed by atoms with Crippen LogP contribution >= 0.6 is 0 Å². The number of carbonyl (C=O) groups is 1. The highest BCUT2D eigenvalue weighted by Gasteiger charge is 2.25. The lowest BCUT2D eigenvalue weighted by Gasteiger charge is -2.36. The van der Waals surface area contributed by atoms with Crippen molar-refractivity contribution in [2.75, 3.05) is 24.5 Å². The normalized spacial score (nSPS) is 21.0. The van der Waals surface area contributed by atoms with Crippen molar-refractivity contribution < 1.29 is 4.79 Å². The minimum absolute atomic E-state index is 0.145. The lowest BCUT2D eigenvalue weighted by Crippen LogP contribution is -2.48. The summed E-state index contributed by atoms with van der Waals surface area (Å²) in [5.74, 6) is 1.67. The number of hydrogen-bond donors (Lipinski definition) is 0. The number of carbonyl (C=O) groups excluding carboxylic acids is 1. The van der Waals surface area contributed by atoms with E-state index >= 15 is 0 Å². The Kier molecular flexibility index (Phi) is 5.74. The summed E-state index contributed by atoms with van der Waals surface area (Å²) in [4.78, 5) is 21.0. The molecular formula is C17H27N3O. The molecule has 0 saturated carbocycles. The van der Waals surface area contributed by atoms with Crippen LogP contribution in [0, 0.1) is 5.92 Å². The molecule has 116 valence electrons. The van der Waals surface area contributed by atoms with Gasteiger partial charge in [-0.2, -0.15) is 0 Å². The number of pyridine rings is 1. The molecule has 1 aromatic rings. The SMILES string of the molecule is CCC(=O)N(c1ccccn1)C(C)CN1CCCC(C)C1. The van der Waals surface area contributed by atoms with Gasteiger partial charge in [-0.25, -0.2) is 4.98 Å². The summed E-state index contributed by atoms with van der Waals surface area (Å²) in [5, 5.41) is 0. The minimum Gasteiger partial charge on any atom is -0.301 e. The highest BCUT2D eigenvalue weighted by atomic mass is 16.2. The van der Waals surface area contributed by atoms with Gasteiger partial charge in [0.1, 0.15) is 5.82 Å². The fourth-order valence-corrected chi connectivity index (χ4v) is 3.17. The molecule has 1 aliphatic heterocycles. The molecule has 2 rings (SSSR count). The summed E-state index contributed by atoms with van der Waals surface area (Å²) in [6.07, 6.45) is 4.85. The zero-order chi connectivity index (χ0) is 15.2. The van der Waals surface area contributed by atoms with Gasteiger partial charge >= 0.3 is 0 Å². The Balaban J connectivity index is 2.07. The average molecular weight is 289 g/mol. The first kappa shape index (κ1) is 16.0. The van der Waals surface area contributed by atoms with Crippen molar-refractivity contribution in [1.82, 2.24) is 9.88 Å². The van der Waals surface area contributed by atoms with Gasteiger partial charge in [-0.15, -0.1) is 0 Å². The first-order valence-corrected chi connectivity index (χ1v) is 8.07. The topological polar surface area (TPSA) is 36.4 Å². The summed E-state index contributed by atoms with van der Waals surface area (Å²) < 4.78 is 0. The van der Waals surface area contributed by atoms with E-state index in [0.717, 1.165) is 31.4 Å². The first-order valence-electron chi connectivity index (χ1n) is 8.07. The Morgan fingerprint density at radius 3 is 2.95 bits per heavy atom. The fraction of sp³-hybridized carbons (Fsp3) is 0.647. The number of amides is 1. The lowest BCUT2D eigenvalue weighted by atomic mass is 10.00. The molecule has 1 aliphatic rings. The number of piperidine rings is 1. The van der Waals surface area contributed by atoms with E-state index in [4.69, 9.17) is 0 Å². The van der Waals surface area contributed by atoms with Crippen LogP contribution < -0.4 is 4.90 Å². The molecule has 4 nitrogen and oxygen atoms in total. The zero-order valence-corrected chi connectivity index (χ0v) is 13.5. The van der Waals surface area contributed by atoms with Gasteiger partial charge in [0, 0.05) is 31.7 Å². The van der Waals surface area contributed by atoms with Gasteiger partial charge in [0.25, 0.3) is 0 Å². The van der Waals surface area contributed by atoms with E-state index in [1.165, 1.54) is 12.8 Å². The molecule has 1 saturated heterocycles. The number of aromatic nitrogens is 1. The number of anilines is 1. The van der Waals surface area contributed by atoms with E-state index in [0.29, 0.717) is 6.42 Å². The van der Waals surface area contributed by atoms with Crippen LogP contribution in [0.1, 0.15) is 40.0 Å². The summed E-state index contributed by atoms with van der Waals surface area (Å²) >= 11 is 0. The Morgan fingerprint density at radius 2 is 2.33 bits per heavy atom. The molecule has 2 unspecified atom stereocenters. The van der Waals surface area contributed by atoms with Gasteiger partial charge in [-0.3, -0.25) is 9.69 Å². The summed E-state index contributed by atoms with van der Waals surface area (Å²) in [7, 11) is 0. The van der Waals surface area contributed by atoms with Crippen molar-refractivity contribution in [1.29, 1.82) is 0 Å². The molecule has 2 atom stereocenters. The molecule has 0 aliphatic carbocycles. The molecule has 0 bridgehead atoms. The average Bonchev–Trinajstić information content (AvgIpc) is 2.48. The molecule has 0 N–H and O–H groups in total. The number of hydrogen-bond acceptors (Lipinski definition) is 3. The Morgan fingerprint density at radius 1 is 1.52 bits per heavy atom. The molecule has 1 aromatic heterocycles. The molecule has 0 aromatic carbocycles. The van der Waals surface area contributed by atoms with Gasteiger partial charge in [0.2, 0.25) is 5.91 Å². The minimum atomic E-state index is 0.145. The fourth-order valence-electron chi connectivity index (χ4n) is 3.17.